The number of ether oxygens (including phenoxy) is 1. The molecular formula is C17H23N2O3+. The minimum Gasteiger partial charge on any atom is -0.364 e. The summed E-state index contributed by atoms with van der Waals surface area (Å²) in [7, 11) is 0. The number of hydrogen-bond donors (Lipinski definition) is 1. The SMILES string of the molecule is Cc1ccc(N2C(=O)C[C@@H]([NH+]3C[C@@H](C)O[C@H](C)C3)C2=O)cc1. The van der Waals surface area contributed by atoms with Crippen LogP contribution in [0.5, 0.6) is 0 Å². The van der Waals surface area contributed by atoms with Gasteiger partial charge in [0.15, 0.2) is 6.04 Å². The molecule has 2 aliphatic rings. The quantitative estimate of drug-likeness (QED) is 0.801. The molecular weight excluding hydrogens is 280 g/mol. The van der Waals surface area contributed by atoms with Crippen LogP contribution in [-0.4, -0.2) is 43.2 Å². The van der Waals surface area contributed by atoms with Crippen LogP contribution in [0.3, 0.4) is 0 Å². The Morgan fingerprint density at radius 3 is 2.27 bits per heavy atom. The van der Waals surface area contributed by atoms with E-state index < -0.39 is 0 Å². The largest absolute Gasteiger partial charge is 0.364 e. The van der Waals surface area contributed by atoms with Crippen molar-refractivity contribution in [1.82, 2.24) is 0 Å². The maximum absolute atomic E-state index is 12.8. The van der Waals surface area contributed by atoms with Crippen LogP contribution in [0.1, 0.15) is 25.8 Å². The van der Waals surface area contributed by atoms with Gasteiger partial charge in [-0.1, -0.05) is 17.7 Å². The van der Waals surface area contributed by atoms with E-state index in [1.54, 1.807) is 0 Å². The van der Waals surface area contributed by atoms with E-state index in [0.29, 0.717) is 12.1 Å². The van der Waals surface area contributed by atoms with Crippen LogP contribution >= 0.6 is 0 Å². The predicted octanol–water partition coefficient (Wildman–Crippen LogP) is 0.319. The van der Waals surface area contributed by atoms with Crippen LogP contribution in [0.4, 0.5) is 5.69 Å². The fraction of sp³-hybridized carbons (Fsp3) is 0.529. The van der Waals surface area contributed by atoms with Crippen LogP contribution in [0.25, 0.3) is 0 Å². The smallest absolute Gasteiger partial charge is 0.292 e. The zero-order chi connectivity index (χ0) is 15.9. The van der Waals surface area contributed by atoms with E-state index in [1.807, 2.05) is 45.0 Å². The normalized spacial score (nSPS) is 32.6. The van der Waals surface area contributed by atoms with Crippen molar-refractivity contribution >= 4 is 17.5 Å². The number of amides is 2. The summed E-state index contributed by atoms with van der Waals surface area (Å²) >= 11 is 0. The molecule has 0 spiro atoms. The summed E-state index contributed by atoms with van der Waals surface area (Å²) in [5.41, 5.74) is 1.79. The van der Waals surface area contributed by atoms with E-state index in [1.165, 1.54) is 9.80 Å². The molecule has 5 nitrogen and oxygen atoms in total. The van der Waals surface area contributed by atoms with Crippen LogP contribution in [-0.2, 0) is 14.3 Å². The van der Waals surface area contributed by atoms with E-state index in [2.05, 4.69) is 0 Å². The molecule has 5 heteroatoms. The zero-order valence-electron chi connectivity index (χ0n) is 13.3. The Morgan fingerprint density at radius 1 is 1.09 bits per heavy atom. The van der Waals surface area contributed by atoms with Gasteiger partial charge in [0.2, 0.25) is 5.91 Å². The molecule has 0 radical (unpaired) electrons. The summed E-state index contributed by atoms with van der Waals surface area (Å²) < 4.78 is 5.73. The van der Waals surface area contributed by atoms with Gasteiger partial charge in [-0.3, -0.25) is 9.59 Å². The summed E-state index contributed by atoms with van der Waals surface area (Å²) in [6.45, 7) is 7.58. The molecule has 22 heavy (non-hydrogen) atoms. The molecule has 0 aromatic heterocycles. The first kappa shape index (κ1) is 15.2. The van der Waals surface area contributed by atoms with Crippen molar-refractivity contribution in [1.29, 1.82) is 0 Å². The second kappa shape index (κ2) is 5.82. The molecule has 2 saturated heterocycles. The Kier molecular flexibility index (Phi) is 4.02. The van der Waals surface area contributed by atoms with Gasteiger partial charge in [-0.2, -0.15) is 0 Å². The molecule has 0 aliphatic carbocycles. The molecule has 0 unspecified atom stereocenters. The molecule has 2 aliphatic heterocycles. The molecule has 3 atom stereocenters. The Balaban J connectivity index is 1.80. The first-order chi connectivity index (χ1) is 10.5. The lowest BCUT2D eigenvalue weighted by molar-refractivity contribution is -0.929. The third-order valence-corrected chi connectivity index (χ3v) is 4.50. The number of morpholine rings is 1. The van der Waals surface area contributed by atoms with Gasteiger partial charge in [-0.15, -0.1) is 0 Å². The fourth-order valence-electron chi connectivity index (χ4n) is 3.52. The van der Waals surface area contributed by atoms with Crippen molar-refractivity contribution in [3.8, 4) is 0 Å². The summed E-state index contributed by atoms with van der Waals surface area (Å²) in [6, 6.07) is 7.26. The number of quaternary nitrogens is 1. The average Bonchev–Trinajstić information content (AvgIpc) is 2.74. The van der Waals surface area contributed by atoms with Crippen LogP contribution in [0, 0.1) is 6.92 Å². The molecule has 1 aromatic carbocycles. The highest BCUT2D eigenvalue weighted by Gasteiger charge is 2.47. The number of benzene rings is 1. The molecule has 1 aromatic rings. The number of hydrogen-bond acceptors (Lipinski definition) is 3. The molecule has 3 rings (SSSR count). The van der Waals surface area contributed by atoms with Crippen LogP contribution < -0.4 is 9.80 Å². The van der Waals surface area contributed by atoms with Crippen LogP contribution in [0.2, 0.25) is 0 Å². The van der Waals surface area contributed by atoms with Gasteiger partial charge in [0, 0.05) is 0 Å². The van der Waals surface area contributed by atoms with E-state index in [-0.39, 0.29) is 30.1 Å². The van der Waals surface area contributed by atoms with Gasteiger partial charge in [0.25, 0.3) is 5.91 Å². The number of nitrogens with one attached hydrogen (secondary N) is 1. The number of imide groups is 1. The number of carbonyl (C=O) groups excluding carboxylic acids is 2. The van der Waals surface area contributed by atoms with Crippen molar-refractivity contribution < 1.29 is 19.2 Å². The summed E-state index contributed by atoms with van der Waals surface area (Å²) in [6.07, 6.45) is 0.534. The van der Waals surface area contributed by atoms with Crippen molar-refractivity contribution in [3.63, 3.8) is 0 Å². The van der Waals surface area contributed by atoms with Gasteiger partial charge in [-0.05, 0) is 32.9 Å². The van der Waals surface area contributed by atoms with Crippen molar-refractivity contribution in [3.05, 3.63) is 29.8 Å². The lowest BCUT2D eigenvalue weighted by atomic mass is 10.1. The minimum absolute atomic E-state index is 0.0786. The Morgan fingerprint density at radius 2 is 1.68 bits per heavy atom. The summed E-state index contributed by atoms with van der Waals surface area (Å²) in [5.74, 6) is -0.177. The maximum atomic E-state index is 12.8. The molecule has 0 bridgehead atoms. The third kappa shape index (κ3) is 2.78. The number of rotatable bonds is 2. The van der Waals surface area contributed by atoms with E-state index in [0.717, 1.165) is 18.7 Å². The van der Waals surface area contributed by atoms with Crippen molar-refractivity contribution in [2.75, 3.05) is 18.0 Å². The number of aryl methyl sites for hydroxylation is 1. The van der Waals surface area contributed by atoms with Gasteiger partial charge in [0.1, 0.15) is 25.3 Å². The first-order valence-corrected chi connectivity index (χ1v) is 7.89. The van der Waals surface area contributed by atoms with E-state index in [4.69, 9.17) is 4.74 Å². The second-order valence-corrected chi connectivity index (χ2v) is 6.48. The number of anilines is 1. The highest BCUT2D eigenvalue weighted by molar-refractivity contribution is 6.21. The van der Waals surface area contributed by atoms with Gasteiger partial charge < -0.3 is 9.64 Å². The lowest BCUT2D eigenvalue weighted by Crippen LogP contribution is -3.19. The van der Waals surface area contributed by atoms with Gasteiger partial charge >= 0.3 is 0 Å². The molecule has 2 heterocycles. The van der Waals surface area contributed by atoms with Crippen LogP contribution in [0.15, 0.2) is 24.3 Å². The van der Waals surface area contributed by atoms with Crippen molar-refractivity contribution in [2.45, 2.75) is 45.4 Å². The standard InChI is InChI=1S/C17H22N2O3/c1-11-4-6-14(7-5-11)19-16(20)8-15(17(19)21)18-9-12(2)22-13(3)10-18/h4-7,12-13,15H,8-10H2,1-3H3/p+1/t12-,13-,15-/m1/s1. The minimum atomic E-state index is -0.275. The Bertz CT molecular complexity index is 574. The molecule has 1 N–H and O–H groups in total. The highest BCUT2D eigenvalue weighted by Crippen LogP contribution is 2.22. The summed E-state index contributed by atoms with van der Waals surface area (Å²) in [5, 5.41) is 0. The predicted molar refractivity (Wildman–Crippen MR) is 82.8 cm³/mol. The maximum Gasteiger partial charge on any atom is 0.292 e. The molecule has 2 fully saturated rings. The van der Waals surface area contributed by atoms with Crippen molar-refractivity contribution in [2.24, 2.45) is 0 Å². The highest BCUT2D eigenvalue weighted by atomic mass is 16.5. The monoisotopic (exact) mass is 303 g/mol. The second-order valence-electron chi connectivity index (χ2n) is 6.48. The first-order valence-electron chi connectivity index (χ1n) is 7.89. The van der Waals surface area contributed by atoms with E-state index >= 15 is 0 Å². The number of nitrogens with zero attached hydrogens (tertiary/aromatic N) is 1. The Labute approximate surface area is 130 Å². The van der Waals surface area contributed by atoms with Gasteiger partial charge in [-0.25, -0.2) is 4.90 Å². The fourth-order valence-corrected chi connectivity index (χ4v) is 3.52. The summed E-state index contributed by atoms with van der Waals surface area (Å²) in [4.78, 5) is 27.6. The average molecular weight is 303 g/mol. The van der Waals surface area contributed by atoms with E-state index in [9.17, 15) is 9.59 Å². The Hall–Kier alpha value is -1.72. The zero-order valence-corrected chi connectivity index (χ0v) is 13.3. The molecule has 2 amide bonds. The lowest BCUT2D eigenvalue weighted by Gasteiger charge is -2.34. The third-order valence-electron chi connectivity index (χ3n) is 4.50. The number of carbonyl (C=O) groups is 2. The van der Waals surface area contributed by atoms with Gasteiger partial charge in [0.05, 0.1) is 12.1 Å². The topological polar surface area (TPSA) is 51.1 Å². The molecule has 0 saturated carbocycles. The molecule has 118 valence electrons.